The van der Waals surface area contributed by atoms with E-state index < -0.39 is 17.4 Å². The fourth-order valence-corrected chi connectivity index (χ4v) is 2.74. The molecule has 1 aliphatic carbocycles. The number of rotatable bonds is 3. The molecule has 116 valence electrons. The first kappa shape index (κ1) is 16.8. The Bertz CT molecular complexity index is 372. The number of aliphatic carboxylic acids is 1. The van der Waals surface area contributed by atoms with Crippen LogP contribution in [0, 0.1) is 10.8 Å². The maximum Gasteiger partial charge on any atom is 0.326 e. The second kappa shape index (κ2) is 6.02. The highest BCUT2D eigenvalue weighted by Crippen LogP contribution is 2.35. The minimum absolute atomic E-state index is 0.0655. The standard InChI is InChI=1S/C15H28N2O3/c1-14(2,3)11(12(18)19)17-13(20)16-10-8-6-7-9-15(10,4)5/h10-11H,6-9H2,1-5H3,(H,18,19)(H2,16,17,20). The fourth-order valence-electron chi connectivity index (χ4n) is 2.74. The Hall–Kier alpha value is -1.26. The van der Waals surface area contributed by atoms with Crippen molar-refractivity contribution in [2.24, 2.45) is 10.8 Å². The van der Waals surface area contributed by atoms with Crippen LogP contribution < -0.4 is 10.6 Å². The Morgan fingerprint density at radius 3 is 2.30 bits per heavy atom. The molecule has 1 fully saturated rings. The smallest absolute Gasteiger partial charge is 0.326 e. The van der Waals surface area contributed by atoms with Gasteiger partial charge in [0, 0.05) is 6.04 Å². The highest BCUT2D eigenvalue weighted by atomic mass is 16.4. The molecule has 0 aromatic rings. The first-order chi connectivity index (χ1) is 9.04. The quantitative estimate of drug-likeness (QED) is 0.745. The van der Waals surface area contributed by atoms with Crippen LogP contribution in [0.5, 0.6) is 0 Å². The van der Waals surface area contributed by atoms with Crippen molar-refractivity contribution in [1.82, 2.24) is 10.6 Å². The average molecular weight is 284 g/mol. The van der Waals surface area contributed by atoms with Gasteiger partial charge in [0.05, 0.1) is 0 Å². The molecule has 2 amide bonds. The van der Waals surface area contributed by atoms with Gasteiger partial charge in [0.2, 0.25) is 0 Å². The predicted octanol–water partition coefficient (Wildman–Crippen LogP) is 2.75. The van der Waals surface area contributed by atoms with E-state index in [1.165, 1.54) is 6.42 Å². The van der Waals surface area contributed by atoms with Crippen LogP contribution in [-0.4, -0.2) is 29.2 Å². The lowest BCUT2D eigenvalue weighted by Crippen LogP contribution is -2.56. The molecule has 1 rings (SSSR count). The lowest BCUT2D eigenvalue weighted by atomic mass is 9.73. The highest BCUT2D eigenvalue weighted by Gasteiger charge is 2.36. The van der Waals surface area contributed by atoms with Gasteiger partial charge in [0.15, 0.2) is 0 Å². The molecule has 0 saturated heterocycles. The molecule has 0 bridgehead atoms. The van der Waals surface area contributed by atoms with Gasteiger partial charge in [0.1, 0.15) is 6.04 Å². The molecule has 2 atom stereocenters. The molecule has 1 aliphatic rings. The summed E-state index contributed by atoms with van der Waals surface area (Å²) in [7, 11) is 0. The fraction of sp³-hybridized carbons (Fsp3) is 0.867. The van der Waals surface area contributed by atoms with Crippen molar-refractivity contribution >= 4 is 12.0 Å². The van der Waals surface area contributed by atoms with Crippen molar-refractivity contribution in [3.05, 3.63) is 0 Å². The summed E-state index contributed by atoms with van der Waals surface area (Å²) in [5.41, 5.74) is -0.457. The van der Waals surface area contributed by atoms with E-state index in [1.54, 1.807) is 20.8 Å². The third kappa shape index (κ3) is 4.39. The number of urea groups is 1. The van der Waals surface area contributed by atoms with Gasteiger partial charge in [-0.15, -0.1) is 0 Å². The number of amides is 2. The first-order valence-corrected chi connectivity index (χ1v) is 7.34. The monoisotopic (exact) mass is 284 g/mol. The number of carboxylic acid groups (broad SMARTS) is 1. The Labute approximate surface area is 121 Å². The summed E-state index contributed by atoms with van der Waals surface area (Å²) in [5.74, 6) is -1.00. The van der Waals surface area contributed by atoms with E-state index >= 15 is 0 Å². The van der Waals surface area contributed by atoms with Crippen molar-refractivity contribution in [3.63, 3.8) is 0 Å². The van der Waals surface area contributed by atoms with Gasteiger partial charge in [-0.05, 0) is 23.7 Å². The van der Waals surface area contributed by atoms with Crippen LogP contribution in [0.2, 0.25) is 0 Å². The zero-order valence-electron chi connectivity index (χ0n) is 13.2. The van der Waals surface area contributed by atoms with Crippen LogP contribution in [-0.2, 0) is 4.79 Å². The molecule has 20 heavy (non-hydrogen) atoms. The molecule has 3 N–H and O–H groups in total. The van der Waals surface area contributed by atoms with Crippen LogP contribution in [0.4, 0.5) is 4.79 Å². The molecule has 0 heterocycles. The van der Waals surface area contributed by atoms with Crippen LogP contribution >= 0.6 is 0 Å². The number of carboxylic acids is 1. The van der Waals surface area contributed by atoms with E-state index in [4.69, 9.17) is 0 Å². The zero-order chi connectivity index (χ0) is 15.6. The zero-order valence-corrected chi connectivity index (χ0v) is 13.2. The van der Waals surface area contributed by atoms with Crippen LogP contribution in [0.3, 0.4) is 0 Å². The van der Waals surface area contributed by atoms with Crippen molar-refractivity contribution in [1.29, 1.82) is 0 Å². The summed E-state index contributed by atoms with van der Waals surface area (Å²) in [6.07, 6.45) is 4.33. The minimum Gasteiger partial charge on any atom is -0.480 e. The van der Waals surface area contributed by atoms with Gasteiger partial charge in [-0.2, -0.15) is 0 Å². The molecule has 0 spiro atoms. The molecule has 1 saturated carbocycles. The molecular weight excluding hydrogens is 256 g/mol. The molecule has 0 aromatic heterocycles. The SMILES string of the molecule is CC(C)(C)C(NC(=O)NC1CCCCC1(C)C)C(=O)O. The largest absolute Gasteiger partial charge is 0.480 e. The summed E-state index contributed by atoms with van der Waals surface area (Å²) in [4.78, 5) is 23.3. The molecule has 2 unspecified atom stereocenters. The second-order valence-electron chi connectivity index (χ2n) is 7.54. The topological polar surface area (TPSA) is 78.4 Å². The predicted molar refractivity (Wildman–Crippen MR) is 78.6 cm³/mol. The lowest BCUT2D eigenvalue weighted by Gasteiger charge is -2.39. The molecular formula is C15H28N2O3. The number of carbonyl (C=O) groups is 2. The summed E-state index contributed by atoms with van der Waals surface area (Å²) in [5, 5.41) is 14.8. The van der Waals surface area contributed by atoms with E-state index in [-0.39, 0.29) is 17.5 Å². The van der Waals surface area contributed by atoms with Crippen molar-refractivity contribution < 1.29 is 14.7 Å². The Kier molecular flexibility index (Phi) is 5.05. The summed E-state index contributed by atoms with van der Waals surface area (Å²) in [6.45, 7) is 9.70. The number of nitrogens with one attached hydrogen (secondary N) is 2. The van der Waals surface area contributed by atoms with Crippen LogP contribution in [0.25, 0.3) is 0 Å². The molecule has 0 aliphatic heterocycles. The minimum atomic E-state index is -1.00. The number of hydrogen-bond acceptors (Lipinski definition) is 2. The van der Waals surface area contributed by atoms with Gasteiger partial charge in [-0.3, -0.25) is 0 Å². The van der Waals surface area contributed by atoms with Crippen LogP contribution in [0.15, 0.2) is 0 Å². The van der Waals surface area contributed by atoms with E-state index in [0.29, 0.717) is 0 Å². The van der Waals surface area contributed by atoms with E-state index in [9.17, 15) is 14.7 Å². The molecule has 5 nitrogen and oxygen atoms in total. The van der Waals surface area contributed by atoms with E-state index in [0.717, 1.165) is 19.3 Å². The maximum atomic E-state index is 12.1. The number of hydrogen-bond donors (Lipinski definition) is 3. The Morgan fingerprint density at radius 1 is 1.25 bits per heavy atom. The van der Waals surface area contributed by atoms with Crippen molar-refractivity contribution in [2.45, 2.75) is 72.4 Å². The van der Waals surface area contributed by atoms with Gasteiger partial charge in [-0.25, -0.2) is 9.59 Å². The summed E-state index contributed by atoms with van der Waals surface area (Å²) >= 11 is 0. The molecule has 5 heteroatoms. The third-order valence-corrected chi connectivity index (χ3v) is 4.20. The first-order valence-electron chi connectivity index (χ1n) is 7.34. The highest BCUT2D eigenvalue weighted by molar-refractivity contribution is 5.83. The van der Waals surface area contributed by atoms with Crippen LogP contribution in [0.1, 0.15) is 60.3 Å². The normalized spacial score (nSPS) is 23.8. The average Bonchev–Trinajstić information content (AvgIpc) is 2.27. The van der Waals surface area contributed by atoms with Crippen molar-refractivity contribution in [2.75, 3.05) is 0 Å². The van der Waals surface area contributed by atoms with E-state index in [1.807, 2.05) is 0 Å². The lowest BCUT2D eigenvalue weighted by molar-refractivity contribution is -0.141. The van der Waals surface area contributed by atoms with Gasteiger partial charge in [-0.1, -0.05) is 47.5 Å². The van der Waals surface area contributed by atoms with Gasteiger partial charge >= 0.3 is 12.0 Å². The van der Waals surface area contributed by atoms with Gasteiger partial charge < -0.3 is 15.7 Å². The maximum absolute atomic E-state index is 12.1. The van der Waals surface area contributed by atoms with Crippen molar-refractivity contribution in [3.8, 4) is 0 Å². The Morgan fingerprint density at radius 2 is 1.85 bits per heavy atom. The summed E-state index contributed by atoms with van der Waals surface area (Å²) in [6, 6.07) is -1.17. The number of carbonyl (C=O) groups excluding carboxylic acids is 1. The second-order valence-corrected chi connectivity index (χ2v) is 7.54. The third-order valence-electron chi connectivity index (χ3n) is 4.20. The molecule has 0 radical (unpaired) electrons. The summed E-state index contributed by atoms with van der Waals surface area (Å²) < 4.78 is 0. The molecule has 0 aromatic carbocycles. The van der Waals surface area contributed by atoms with Gasteiger partial charge in [0.25, 0.3) is 0 Å². The Balaban J connectivity index is 2.64. The van der Waals surface area contributed by atoms with E-state index in [2.05, 4.69) is 24.5 Å².